The van der Waals surface area contributed by atoms with Gasteiger partial charge in [-0.05, 0) is 61.7 Å². The maximum atomic E-state index is 13.3. The van der Waals surface area contributed by atoms with Gasteiger partial charge in [-0.15, -0.1) is 0 Å². The Morgan fingerprint density at radius 1 is 1.21 bits per heavy atom. The molecule has 0 aliphatic carbocycles. The molecule has 1 aliphatic rings. The number of anilines is 1. The van der Waals surface area contributed by atoms with E-state index in [2.05, 4.69) is 34.2 Å². The van der Waals surface area contributed by atoms with Crippen LogP contribution in [0.15, 0.2) is 53.7 Å². The quantitative estimate of drug-likeness (QED) is 0.452. The minimum atomic E-state index is -3.85. The van der Waals surface area contributed by atoms with E-state index in [0.717, 1.165) is 47.2 Å². The predicted molar refractivity (Wildman–Crippen MR) is 129 cm³/mol. The summed E-state index contributed by atoms with van der Waals surface area (Å²) in [7, 11) is -3.85. The number of aryl methyl sites for hydroxylation is 2. The van der Waals surface area contributed by atoms with Crippen molar-refractivity contribution in [3.05, 3.63) is 65.9 Å². The van der Waals surface area contributed by atoms with Gasteiger partial charge in [-0.2, -0.15) is 10.2 Å². The van der Waals surface area contributed by atoms with E-state index < -0.39 is 10.0 Å². The van der Waals surface area contributed by atoms with E-state index in [9.17, 15) is 12.8 Å². The molecule has 0 radical (unpaired) electrons. The molecule has 0 unspecified atom stereocenters. The number of hydrogen-bond donors (Lipinski definition) is 1. The van der Waals surface area contributed by atoms with E-state index in [0.29, 0.717) is 18.8 Å². The summed E-state index contributed by atoms with van der Waals surface area (Å²) in [6.45, 7) is 6.16. The molecule has 0 amide bonds. The molecule has 5 rings (SSSR count). The third-order valence-corrected chi connectivity index (χ3v) is 7.31. The van der Waals surface area contributed by atoms with Crippen molar-refractivity contribution in [1.82, 2.24) is 19.6 Å². The summed E-state index contributed by atoms with van der Waals surface area (Å²) in [6.07, 6.45) is 5.00. The number of aromatic nitrogens is 4. The van der Waals surface area contributed by atoms with Gasteiger partial charge in [-0.25, -0.2) is 22.6 Å². The fraction of sp³-hybridized carbons (Fsp3) is 0.333. The highest BCUT2D eigenvalue weighted by atomic mass is 32.2. The molecule has 1 atom stereocenters. The van der Waals surface area contributed by atoms with E-state index in [4.69, 9.17) is 5.14 Å². The van der Waals surface area contributed by atoms with Crippen molar-refractivity contribution in [2.45, 2.75) is 44.0 Å². The predicted octanol–water partition coefficient (Wildman–Crippen LogP) is 3.72. The first kappa shape index (κ1) is 22.5. The van der Waals surface area contributed by atoms with Gasteiger partial charge < -0.3 is 4.90 Å². The summed E-state index contributed by atoms with van der Waals surface area (Å²) in [5.41, 5.74) is 4.46. The first-order valence-electron chi connectivity index (χ1n) is 11.3. The van der Waals surface area contributed by atoms with Crippen molar-refractivity contribution in [3.63, 3.8) is 0 Å². The van der Waals surface area contributed by atoms with Gasteiger partial charge in [0.25, 0.3) is 0 Å². The standard InChI is InChI=1S/C24H27FN6O2S/c1-3-9-30-15-23(34(26,32)33)24(28-30)17-8-10-29(14-17)21-12-18-13-27-31(22(18)11-16(21)2)20-6-4-19(25)5-7-20/h4-7,11-13,15,17H,3,8-10,14H2,1-2H3,(H2,26,32,33)/t17-/m0/s1. The van der Waals surface area contributed by atoms with Gasteiger partial charge in [0.15, 0.2) is 0 Å². The second-order valence-corrected chi connectivity index (χ2v) is 10.4. The zero-order valence-corrected chi connectivity index (χ0v) is 20.0. The highest BCUT2D eigenvalue weighted by Gasteiger charge is 2.32. The van der Waals surface area contributed by atoms with Crippen LogP contribution in [0, 0.1) is 12.7 Å². The zero-order valence-electron chi connectivity index (χ0n) is 19.1. The lowest BCUT2D eigenvalue weighted by Crippen LogP contribution is -2.21. The van der Waals surface area contributed by atoms with Crippen molar-refractivity contribution in [3.8, 4) is 5.69 Å². The highest BCUT2D eigenvalue weighted by molar-refractivity contribution is 7.89. The number of rotatable bonds is 6. The number of nitrogens with two attached hydrogens (primary N) is 1. The second-order valence-electron chi connectivity index (χ2n) is 8.85. The van der Waals surface area contributed by atoms with Crippen LogP contribution < -0.4 is 10.0 Å². The number of benzene rings is 2. The van der Waals surface area contributed by atoms with E-state index >= 15 is 0 Å². The lowest BCUT2D eigenvalue weighted by molar-refractivity contribution is 0.583. The maximum Gasteiger partial charge on any atom is 0.241 e. The number of halogens is 1. The molecule has 4 aromatic rings. The lowest BCUT2D eigenvalue weighted by Gasteiger charge is -2.21. The van der Waals surface area contributed by atoms with Crippen LogP contribution in [0.5, 0.6) is 0 Å². The van der Waals surface area contributed by atoms with Crippen LogP contribution >= 0.6 is 0 Å². The van der Waals surface area contributed by atoms with E-state index in [1.54, 1.807) is 33.9 Å². The average Bonchev–Trinajstić information content (AvgIpc) is 3.51. The Bertz CT molecular complexity index is 1460. The Hall–Kier alpha value is -3.24. The van der Waals surface area contributed by atoms with Gasteiger partial charge in [-0.1, -0.05) is 6.92 Å². The molecule has 1 aliphatic heterocycles. The van der Waals surface area contributed by atoms with Crippen molar-refractivity contribution < 1.29 is 12.8 Å². The molecule has 0 spiro atoms. The van der Waals surface area contributed by atoms with Crippen molar-refractivity contribution in [2.24, 2.45) is 5.14 Å². The summed E-state index contributed by atoms with van der Waals surface area (Å²) in [4.78, 5) is 2.39. The first-order valence-corrected chi connectivity index (χ1v) is 12.9. The second kappa shape index (κ2) is 8.52. The van der Waals surface area contributed by atoms with Gasteiger partial charge in [-0.3, -0.25) is 4.68 Å². The molecule has 0 saturated carbocycles. The normalized spacial score (nSPS) is 16.6. The van der Waals surface area contributed by atoms with Crippen LogP contribution in [-0.2, 0) is 16.6 Å². The summed E-state index contributed by atoms with van der Waals surface area (Å²) >= 11 is 0. The molecule has 3 heterocycles. The largest absolute Gasteiger partial charge is 0.371 e. The average molecular weight is 483 g/mol. The molecule has 1 fully saturated rings. The molecule has 1 saturated heterocycles. The van der Waals surface area contributed by atoms with Crippen LogP contribution in [0.25, 0.3) is 16.6 Å². The molecular formula is C24H27FN6O2S. The Labute approximate surface area is 197 Å². The number of hydrogen-bond acceptors (Lipinski definition) is 5. The Morgan fingerprint density at radius 3 is 2.68 bits per heavy atom. The highest BCUT2D eigenvalue weighted by Crippen LogP contribution is 2.36. The van der Waals surface area contributed by atoms with E-state index in [1.807, 2.05) is 6.92 Å². The first-order chi connectivity index (χ1) is 16.2. The zero-order chi connectivity index (χ0) is 24.0. The fourth-order valence-electron chi connectivity index (χ4n) is 4.76. The van der Waals surface area contributed by atoms with Gasteiger partial charge in [0, 0.05) is 42.8 Å². The van der Waals surface area contributed by atoms with Crippen molar-refractivity contribution >= 4 is 26.6 Å². The van der Waals surface area contributed by atoms with Gasteiger partial charge in [0.2, 0.25) is 10.0 Å². The number of primary sulfonamides is 1. The summed E-state index contributed by atoms with van der Waals surface area (Å²) in [5.74, 6) is -0.309. The monoisotopic (exact) mass is 482 g/mol. The molecule has 8 nitrogen and oxygen atoms in total. The smallest absolute Gasteiger partial charge is 0.241 e. The van der Waals surface area contributed by atoms with E-state index in [1.165, 1.54) is 12.1 Å². The Morgan fingerprint density at radius 2 is 1.97 bits per heavy atom. The van der Waals surface area contributed by atoms with Gasteiger partial charge >= 0.3 is 0 Å². The molecule has 2 aromatic heterocycles. The Kier molecular flexibility index (Phi) is 5.65. The number of sulfonamides is 1. The molecular weight excluding hydrogens is 455 g/mol. The van der Waals surface area contributed by atoms with E-state index in [-0.39, 0.29) is 16.6 Å². The topological polar surface area (TPSA) is 99.0 Å². The van der Waals surface area contributed by atoms with Crippen LogP contribution in [-0.4, -0.2) is 41.1 Å². The molecule has 2 aromatic carbocycles. The fourth-order valence-corrected chi connectivity index (χ4v) is 5.53. The maximum absolute atomic E-state index is 13.3. The molecule has 2 N–H and O–H groups in total. The number of nitrogens with zero attached hydrogens (tertiary/aromatic N) is 5. The van der Waals surface area contributed by atoms with Crippen molar-refractivity contribution in [2.75, 3.05) is 18.0 Å². The Balaban J connectivity index is 1.45. The van der Waals surface area contributed by atoms with Crippen LogP contribution in [0.1, 0.15) is 36.9 Å². The summed E-state index contributed by atoms with van der Waals surface area (Å²) in [5, 5.41) is 15.6. The van der Waals surface area contributed by atoms with Crippen molar-refractivity contribution in [1.29, 1.82) is 0 Å². The van der Waals surface area contributed by atoms with Crippen LogP contribution in [0.2, 0.25) is 0 Å². The summed E-state index contributed by atoms with van der Waals surface area (Å²) in [6, 6.07) is 10.4. The lowest BCUT2D eigenvalue weighted by atomic mass is 10.1. The van der Waals surface area contributed by atoms with Crippen LogP contribution in [0.4, 0.5) is 10.1 Å². The minimum Gasteiger partial charge on any atom is -0.371 e. The minimum absolute atomic E-state index is 0.0246. The van der Waals surface area contributed by atoms with Gasteiger partial charge in [0.05, 0.1) is 23.1 Å². The SMILES string of the molecule is CCCn1cc(S(N)(=O)=O)c([C@H]2CCN(c3cc4cnn(-c5ccc(F)cc5)c4cc3C)C2)n1. The number of fused-ring (bicyclic) bond motifs is 1. The third kappa shape index (κ3) is 4.07. The molecule has 178 valence electrons. The third-order valence-electron chi connectivity index (χ3n) is 6.39. The molecule has 0 bridgehead atoms. The van der Waals surface area contributed by atoms with Gasteiger partial charge in [0.1, 0.15) is 10.7 Å². The molecule has 34 heavy (non-hydrogen) atoms. The molecule has 10 heteroatoms. The van der Waals surface area contributed by atoms with Crippen LogP contribution in [0.3, 0.4) is 0 Å². The summed E-state index contributed by atoms with van der Waals surface area (Å²) < 4.78 is 41.2.